The third kappa shape index (κ3) is 5.76. The molecule has 1 heterocycles. The number of nitro benzene ring substituents is 1. The van der Waals surface area contributed by atoms with E-state index in [-0.39, 0.29) is 12.3 Å². The lowest BCUT2D eigenvalue weighted by Gasteiger charge is -2.33. The zero-order valence-corrected chi connectivity index (χ0v) is 18.1. The van der Waals surface area contributed by atoms with Crippen LogP contribution in [0.1, 0.15) is 24.1 Å². The second-order valence-corrected chi connectivity index (χ2v) is 7.52. The number of hydrogen-bond acceptors (Lipinski definition) is 6. The van der Waals surface area contributed by atoms with E-state index in [1.165, 1.54) is 18.2 Å². The van der Waals surface area contributed by atoms with Crippen LogP contribution in [0, 0.1) is 16.0 Å². The fourth-order valence-corrected chi connectivity index (χ4v) is 3.55. The molecule has 0 saturated carbocycles. The van der Waals surface area contributed by atoms with Crippen LogP contribution in [0.4, 0.5) is 10.5 Å². The van der Waals surface area contributed by atoms with Gasteiger partial charge in [0.15, 0.2) is 0 Å². The monoisotopic (exact) mass is 458 g/mol. The summed E-state index contributed by atoms with van der Waals surface area (Å²) in [6.07, 6.45) is 2.27. The highest BCUT2D eigenvalue weighted by Gasteiger charge is 2.40. The second-order valence-electron chi connectivity index (χ2n) is 7.09. The fourth-order valence-electron chi connectivity index (χ4n) is 3.43. The predicted molar refractivity (Wildman–Crippen MR) is 119 cm³/mol. The van der Waals surface area contributed by atoms with Gasteiger partial charge in [-0.1, -0.05) is 35.9 Å². The molecule has 9 nitrogen and oxygen atoms in total. The van der Waals surface area contributed by atoms with E-state index in [1.54, 1.807) is 19.2 Å². The normalized spacial score (nSPS) is 19.1. The smallest absolute Gasteiger partial charge is 0.319 e. The molecule has 0 spiro atoms. The van der Waals surface area contributed by atoms with Crippen molar-refractivity contribution in [3.63, 3.8) is 0 Å². The Kier molecular flexibility index (Phi) is 7.67. The Morgan fingerprint density at radius 1 is 1.28 bits per heavy atom. The number of carbonyl (C=O) groups excluding carboxylic acids is 2. The van der Waals surface area contributed by atoms with E-state index in [9.17, 15) is 19.7 Å². The maximum atomic E-state index is 12.8. The molecular formula is C22H23ClN4O5. The van der Waals surface area contributed by atoms with Crippen LogP contribution < -0.4 is 16.0 Å². The molecule has 0 aliphatic carbocycles. The lowest BCUT2D eigenvalue weighted by atomic mass is 9.88. The van der Waals surface area contributed by atoms with Crippen LogP contribution in [-0.4, -0.2) is 30.1 Å². The largest absolute Gasteiger partial charge is 0.465 e. The van der Waals surface area contributed by atoms with Crippen LogP contribution in [0.15, 0.2) is 60.4 Å². The molecule has 1 aliphatic heterocycles. The topological polar surface area (TPSA) is 123 Å². The molecule has 168 valence electrons. The Bertz CT molecular complexity index is 1030. The highest BCUT2D eigenvalue weighted by Crippen LogP contribution is 2.32. The first-order valence-electron chi connectivity index (χ1n) is 10.1. The number of nitrogens with one attached hydrogen (secondary N) is 3. The molecule has 2 atom stereocenters. The van der Waals surface area contributed by atoms with Gasteiger partial charge in [-0.05, 0) is 36.6 Å². The van der Waals surface area contributed by atoms with Gasteiger partial charge in [0.2, 0.25) is 0 Å². The first kappa shape index (κ1) is 23.1. The molecule has 1 saturated heterocycles. The summed E-state index contributed by atoms with van der Waals surface area (Å²) in [6, 6.07) is 11.9. The summed E-state index contributed by atoms with van der Waals surface area (Å²) < 4.78 is 5.22. The van der Waals surface area contributed by atoms with Gasteiger partial charge in [0.1, 0.15) is 5.92 Å². The molecular weight excluding hydrogens is 436 g/mol. The van der Waals surface area contributed by atoms with Crippen molar-refractivity contribution >= 4 is 29.3 Å². The number of nitro groups is 1. The average Bonchev–Trinajstić information content (AvgIpc) is 2.77. The number of hydrogen-bond donors (Lipinski definition) is 3. The van der Waals surface area contributed by atoms with Crippen molar-refractivity contribution in [2.45, 2.75) is 19.4 Å². The third-order valence-corrected chi connectivity index (χ3v) is 5.17. The molecule has 2 aromatic rings. The first-order chi connectivity index (χ1) is 15.4. The van der Waals surface area contributed by atoms with E-state index in [2.05, 4.69) is 16.0 Å². The SMILES string of the molecule is CCOC(=O)[C@@H]1/C(=C\NCCc2ccc(Cl)cc2)NC(=O)N[C@@H]1c1cccc([N+](=O)[O-])c1. The quantitative estimate of drug-likeness (QED) is 0.241. The van der Waals surface area contributed by atoms with Crippen molar-refractivity contribution in [3.8, 4) is 0 Å². The Morgan fingerprint density at radius 2 is 2.03 bits per heavy atom. The van der Waals surface area contributed by atoms with E-state index in [0.29, 0.717) is 29.2 Å². The molecule has 1 fully saturated rings. The number of esters is 1. The number of nitrogens with zero attached hydrogens (tertiary/aromatic N) is 1. The molecule has 0 radical (unpaired) electrons. The zero-order chi connectivity index (χ0) is 23.1. The number of benzene rings is 2. The summed E-state index contributed by atoms with van der Waals surface area (Å²) in [6.45, 7) is 2.39. The van der Waals surface area contributed by atoms with Crippen LogP contribution in [0.3, 0.4) is 0 Å². The molecule has 32 heavy (non-hydrogen) atoms. The number of urea groups is 1. The molecule has 0 aromatic heterocycles. The summed E-state index contributed by atoms with van der Waals surface area (Å²) in [5.41, 5.74) is 1.69. The Hall–Kier alpha value is -3.59. The number of amides is 2. The summed E-state index contributed by atoms with van der Waals surface area (Å²) >= 11 is 5.90. The van der Waals surface area contributed by atoms with Gasteiger partial charge in [0.05, 0.1) is 23.3 Å². The van der Waals surface area contributed by atoms with Gasteiger partial charge in [-0.3, -0.25) is 14.9 Å². The number of non-ortho nitro benzene ring substituents is 1. The third-order valence-electron chi connectivity index (χ3n) is 4.92. The molecule has 10 heteroatoms. The van der Waals surface area contributed by atoms with Crippen molar-refractivity contribution in [2.75, 3.05) is 13.2 Å². The summed E-state index contributed by atoms with van der Waals surface area (Å²) in [4.78, 5) is 35.7. The lowest BCUT2D eigenvalue weighted by Crippen LogP contribution is -2.51. The van der Waals surface area contributed by atoms with Gasteiger partial charge in [-0.15, -0.1) is 0 Å². The number of halogens is 1. The van der Waals surface area contributed by atoms with Crippen LogP contribution in [0.5, 0.6) is 0 Å². The number of rotatable bonds is 8. The van der Waals surface area contributed by atoms with E-state index in [1.807, 2.05) is 24.3 Å². The minimum Gasteiger partial charge on any atom is -0.465 e. The maximum Gasteiger partial charge on any atom is 0.319 e. The highest BCUT2D eigenvalue weighted by atomic mass is 35.5. The first-order valence-corrected chi connectivity index (χ1v) is 10.4. The van der Waals surface area contributed by atoms with Gasteiger partial charge in [0.25, 0.3) is 5.69 Å². The van der Waals surface area contributed by atoms with Gasteiger partial charge in [0, 0.05) is 29.9 Å². The van der Waals surface area contributed by atoms with Crippen molar-refractivity contribution in [1.82, 2.24) is 16.0 Å². The van der Waals surface area contributed by atoms with Gasteiger partial charge < -0.3 is 20.7 Å². The molecule has 1 aliphatic rings. The zero-order valence-electron chi connectivity index (χ0n) is 17.3. The van der Waals surface area contributed by atoms with Crippen molar-refractivity contribution in [2.24, 2.45) is 5.92 Å². The van der Waals surface area contributed by atoms with Crippen LogP contribution in [0.25, 0.3) is 0 Å². The van der Waals surface area contributed by atoms with Crippen LogP contribution >= 0.6 is 11.6 Å². The summed E-state index contributed by atoms with van der Waals surface area (Å²) in [7, 11) is 0. The van der Waals surface area contributed by atoms with Crippen LogP contribution in [-0.2, 0) is 16.0 Å². The van der Waals surface area contributed by atoms with Gasteiger partial charge in [-0.2, -0.15) is 0 Å². The molecule has 3 N–H and O–H groups in total. The highest BCUT2D eigenvalue weighted by molar-refractivity contribution is 6.30. The molecule has 0 unspecified atom stereocenters. The predicted octanol–water partition coefficient (Wildman–Crippen LogP) is 3.46. The molecule has 2 amide bonds. The van der Waals surface area contributed by atoms with Crippen LogP contribution in [0.2, 0.25) is 5.02 Å². The minimum atomic E-state index is -0.905. The Morgan fingerprint density at radius 3 is 2.72 bits per heavy atom. The summed E-state index contributed by atoms with van der Waals surface area (Å²) in [5, 5.41) is 20.3. The number of ether oxygens (including phenoxy) is 1. The fraction of sp³-hybridized carbons (Fsp3) is 0.273. The maximum absolute atomic E-state index is 12.8. The van der Waals surface area contributed by atoms with Crippen molar-refractivity contribution < 1.29 is 19.2 Å². The van der Waals surface area contributed by atoms with E-state index in [4.69, 9.17) is 16.3 Å². The van der Waals surface area contributed by atoms with E-state index >= 15 is 0 Å². The van der Waals surface area contributed by atoms with Crippen molar-refractivity contribution in [3.05, 3.63) is 86.7 Å². The molecule has 3 rings (SSSR count). The second kappa shape index (κ2) is 10.6. The van der Waals surface area contributed by atoms with E-state index < -0.39 is 28.9 Å². The number of carbonyl (C=O) groups is 2. The van der Waals surface area contributed by atoms with Gasteiger partial charge in [-0.25, -0.2) is 4.79 Å². The average molecular weight is 459 g/mol. The Balaban J connectivity index is 1.82. The Labute approximate surface area is 189 Å². The standard InChI is InChI=1S/C22H23ClN4O5/c1-2-32-21(28)19-18(13-24-11-10-14-6-8-16(23)9-7-14)25-22(29)26-20(19)15-4-3-5-17(12-15)27(30)31/h3-9,12-13,19-20,24H,2,10-11H2,1H3,(H2,25,26,29)/b18-13+/t19-,20-/m1/s1. The lowest BCUT2D eigenvalue weighted by molar-refractivity contribution is -0.384. The minimum absolute atomic E-state index is 0.135. The summed E-state index contributed by atoms with van der Waals surface area (Å²) in [5.74, 6) is -1.46. The molecule has 0 bridgehead atoms. The van der Waals surface area contributed by atoms with Crippen molar-refractivity contribution in [1.29, 1.82) is 0 Å². The molecule has 2 aromatic carbocycles. The van der Waals surface area contributed by atoms with Gasteiger partial charge >= 0.3 is 12.0 Å². The van der Waals surface area contributed by atoms with E-state index in [0.717, 1.165) is 5.56 Å².